The van der Waals surface area contributed by atoms with E-state index in [0.29, 0.717) is 12.1 Å². The normalized spacial score (nSPS) is 10.3. The van der Waals surface area contributed by atoms with E-state index >= 15 is 0 Å². The largest absolute Gasteiger partial charge is 0.338 e. The van der Waals surface area contributed by atoms with E-state index in [2.05, 4.69) is 16.8 Å². The third-order valence-electron chi connectivity index (χ3n) is 2.44. The molecule has 0 aliphatic heterocycles. The van der Waals surface area contributed by atoms with E-state index in [1.54, 1.807) is 30.3 Å². The number of nitrogens with zero attached hydrogens (tertiary/aromatic N) is 2. The van der Waals surface area contributed by atoms with E-state index < -0.39 is 0 Å². The van der Waals surface area contributed by atoms with Gasteiger partial charge in [0.2, 0.25) is 0 Å². The fourth-order valence-corrected chi connectivity index (χ4v) is 1.57. The first-order valence-corrected chi connectivity index (χ1v) is 5.02. The van der Waals surface area contributed by atoms with Crippen LogP contribution in [0.5, 0.6) is 0 Å². The summed E-state index contributed by atoms with van der Waals surface area (Å²) in [7, 11) is 1.75. The van der Waals surface area contributed by atoms with Gasteiger partial charge in [-0.3, -0.25) is 9.89 Å². The van der Waals surface area contributed by atoms with Crippen molar-refractivity contribution in [1.29, 1.82) is 0 Å². The molecule has 1 N–H and O–H groups in total. The van der Waals surface area contributed by atoms with Crippen LogP contribution in [-0.2, 0) is 0 Å². The summed E-state index contributed by atoms with van der Waals surface area (Å²) in [5, 5.41) is 7.76. The number of hydrogen-bond donors (Lipinski definition) is 1. The van der Waals surface area contributed by atoms with Crippen LogP contribution in [0.2, 0.25) is 0 Å². The number of nitrogens with one attached hydrogen (secondary N) is 1. The Morgan fingerprint density at radius 2 is 2.44 bits per heavy atom. The van der Waals surface area contributed by atoms with E-state index in [1.165, 1.54) is 0 Å². The molecule has 0 saturated heterocycles. The van der Waals surface area contributed by atoms with Gasteiger partial charge in [-0.05, 0) is 12.1 Å². The molecule has 0 radical (unpaired) electrons. The van der Waals surface area contributed by atoms with Crippen LogP contribution in [0.25, 0.3) is 10.9 Å². The molecule has 0 aliphatic carbocycles. The van der Waals surface area contributed by atoms with Crippen molar-refractivity contribution < 1.29 is 4.79 Å². The molecule has 1 aromatic heterocycles. The smallest absolute Gasteiger partial charge is 0.253 e. The number of fused-ring (bicyclic) bond motifs is 1. The van der Waals surface area contributed by atoms with Crippen molar-refractivity contribution in [2.24, 2.45) is 0 Å². The maximum atomic E-state index is 11.9. The number of rotatable bonds is 3. The molecule has 0 aliphatic rings. The van der Waals surface area contributed by atoms with E-state index in [-0.39, 0.29) is 5.91 Å². The molecule has 1 heterocycles. The highest BCUT2D eigenvalue weighted by atomic mass is 16.2. The molecule has 4 nitrogen and oxygen atoms in total. The molecule has 16 heavy (non-hydrogen) atoms. The van der Waals surface area contributed by atoms with E-state index in [4.69, 9.17) is 0 Å². The SMILES string of the molecule is C=CCN(C)C(=O)c1ccc2cn[nH]c2c1. The number of hydrogen-bond acceptors (Lipinski definition) is 2. The number of likely N-dealkylation sites (N-methyl/N-ethyl adjacent to an activating group) is 1. The van der Waals surface area contributed by atoms with Crippen molar-refractivity contribution in [3.63, 3.8) is 0 Å². The van der Waals surface area contributed by atoms with Crippen LogP contribution >= 0.6 is 0 Å². The van der Waals surface area contributed by atoms with Gasteiger partial charge < -0.3 is 4.90 Å². The van der Waals surface area contributed by atoms with E-state index in [0.717, 1.165) is 10.9 Å². The molecule has 2 aromatic rings. The fraction of sp³-hybridized carbons (Fsp3) is 0.167. The predicted octanol–water partition coefficient (Wildman–Crippen LogP) is 1.82. The summed E-state index contributed by atoms with van der Waals surface area (Å²) in [6.07, 6.45) is 3.43. The Bertz CT molecular complexity index is 530. The van der Waals surface area contributed by atoms with Crippen molar-refractivity contribution >= 4 is 16.8 Å². The average molecular weight is 215 g/mol. The molecule has 0 unspecified atom stereocenters. The Labute approximate surface area is 93.6 Å². The zero-order valence-corrected chi connectivity index (χ0v) is 9.10. The molecular weight excluding hydrogens is 202 g/mol. The minimum absolute atomic E-state index is 0.0172. The summed E-state index contributed by atoms with van der Waals surface area (Å²) in [4.78, 5) is 13.6. The van der Waals surface area contributed by atoms with Crippen LogP contribution in [-0.4, -0.2) is 34.6 Å². The topological polar surface area (TPSA) is 49.0 Å². The Kier molecular flexibility index (Phi) is 2.72. The van der Waals surface area contributed by atoms with E-state index in [9.17, 15) is 4.79 Å². The van der Waals surface area contributed by atoms with Gasteiger partial charge in [0.15, 0.2) is 0 Å². The van der Waals surface area contributed by atoms with Crippen LogP contribution in [0.1, 0.15) is 10.4 Å². The quantitative estimate of drug-likeness (QED) is 0.794. The molecule has 82 valence electrons. The van der Waals surface area contributed by atoms with Gasteiger partial charge in [0.1, 0.15) is 0 Å². The Balaban J connectivity index is 2.32. The third-order valence-corrected chi connectivity index (χ3v) is 2.44. The number of aromatic nitrogens is 2. The summed E-state index contributed by atoms with van der Waals surface area (Å²) in [6.45, 7) is 4.15. The van der Waals surface area contributed by atoms with Gasteiger partial charge in [0, 0.05) is 24.5 Å². The second-order valence-corrected chi connectivity index (χ2v) is 3.65. The van der Waals surface area contributed by atoms with Gasteiger partial charge in [-0.2, -0.15) is 5.10 Å². The summed E-state index contributed by atoms with van der Waals surface area (Å²) in [5.74, 6) is -0.0172. The van der Waals surface area contributed by atoms with Gasteiger partial charge in [0.25, 0.3) is 5.91 Å². The second kappa shape index (κ2) is 4.18. The van der Waals surface area contributed by atoms with Crippen LogP contribution in [0.15, 0.2) is 37.1 Å². The monoisotopic (exact) mass is 215 g/mol. The first-order chi connectivity index (χ1) is 7.72. The summed E-state index contributed by atoms with van der Waals surface area (Å²) in [6, 6.07) is 5.50. The molecule has 4 heteroatoms. The Morgan fingerprint density at radius 3 is 3.19 bits per heavy atom. The maximum absolute atomic E-state index is 11.9. The van der Waals surface area contributed by atoms with Gasteiger partial charge in [-0.25, -0.2) is 0 Å². The lowest BCUT2D eigenvalue weighted by molar-refractivity contribution is 0.0810. The van der Waals surface area contributed by atoms with Crippen molar-refractivity contribution in [2.75, 3.05) is 13.6 Å². The molecule has 0 spiro atoms. The first-order valence-electron chi connectivity index (χ1n) is 5.02. The lowest BCUT2D eigenvalue weighted by Crippen LogP contribution is -2.26. The number of carbonyl (C=O) groups is 1. The fourth-order valence-electron chi connectivity index (χ4n) is 1.57. The number of carbonyl (C=O) groups excluding carboxylic acids is 1. The molecule has 2 rings (SSSR count). The molecule has 0 bridgehead atoms. The molecule has 0 atom stereocenters. The lowest BCUT2D eigenvalue weighted by Gasteiger charge is -2.14. The number of amides is 1. The van der Waals surface area contributed by atoms with Gasteiger partial charge in [0.05, 0.1) is 11.7 Å². The molecular formula is C12H13N3O. The lowest BCUT2D eigenvalue weighted by atomic mass is 10.1. The second-order valence-electron chi connectivity index (χ2n) is 3.65. The third kappa shape index (κ3) is 1.82. The summed E-state index contributed by atoms with van der Waals surface area (Å²) in [5.41, 5.74) is 1.53. The molecule has 1 aromatic carbocycles. The maximum Gasteiger partial charge on any atom is 0.253 e. The standard InChI is InChI=1S/C12H13N3O/c1-3-6-15(2)12(16)9-4-5-10-8-13-14-11(10)7-9/h3-5,7-8H,1,6H2,2H3,(H,13,14). The Morgan fingerprint density at radius 1 is 1.62 bits per heavy atom. The van der Waals surface area contributed by atoms with E-state index in [1.807, 2.05) is 12.1 Å². The zero-order valence-electron chi connectivity index (χ0n) is 9.10. The summed E-state index contributed by atoms with van der Waals surface area (Å²) < 4.78 is 0. The van der Waals surface area contributed by atoms with Crippen LogP contribution < -0.4 is 0 Å². The van der Waals surface area contributed by atoms with Gasteiger partial charge >= 0.3 is 0 Å². The summed E-state index contributed by atoms with van der Waals surface area (Å²) >= 11 is 0. The highest BCUT2D eigenvalue weighted by Gasteiger charge is 2.10. The molecule has 0 saturated carbocycles. The van der Waals surface area contributed by atoms with Crippen molar-refractivity contribution in [3.05, 3.63) is 42.6 Å². The minimum atomic E-state index is -0.0172. The minimum Gasteiger partial charge on any atom is -0.338 e. The van der Waals surface area contributed by atoms with Crippen molar-refractivity contribution in [1.82, 2.24) is 15.1 Å². The van der Waals surface area contributed by atoms with Crippen LogP contribution in [0.3, 0.4) is 0 Å². The number of aromatic amines is 1. The first kappa shape index (κ1) is 10.4. The van der Waals surface area contributed by atoms with Gasteiger partial charge in [-0.15, -0.1) is 6.58 Å². The average Bonchev–Trinajstić information content (AvgIpc) is 2.75. The zero-order chi connectivity index (χ0) is 11.5. The highest BCUT2D eigenvalue weighted by molar-refractivity contribution is 5.97. The Hall–Kier alpha value is -2.10. The highest BCUT2D eigenvalue weighted by Crippen LogP contribution is 2.13. The van der Waals surface area contributed by atoms with Crippen LogP contribution in [0.4, 0.5) is 0 Å². The number of benzene rings is 1. The molecule has 0 fully saturated rings. The predicted molar refractivity (Wildman–Crippen MR) is 63.3 cm³/mol. The van der Waals surface area contributed by atoms with Crippen molar-refractivity contribution in [3.8, 4) is 0 Å². The van der Waals surface area contributed by atoms with Crippen molar-refractivity contribution in [2.45, 2.75) is 0 Å². The van der Waals surface area contributed by atoms with Gasteiger partial charge in [-0.1, -0.05) is 12.1 Å². The number of H-pyrrole nitrogens is 1. The molecule has 1 amide bonds. The van der Waals surface area contributed by atoms with Crippen LogP contribution in [0, 0.1) is 0 Å².